The van der Waals surface area contributed by atoms with Gasteiger partial charge in [-0.25, -0.2) is 4.79 Å². The van der Waals surface area contributed by atoms with Gasteiger partial charge in [-0.1, -0.05) is 53.6 Å². The van der Waals surface area contributed by atoms with Crippen LogP contribution in [-0.4, -0.2) is 48.6 Å². The van der Waals surface area contributed by atoms with Crippen LogP contribution in [0.25, 0.3) is 0 Å². The molecule has 2 aromatic rings. The number of nitrogens with zero attached hydrogens (tertiary/aromatic N) is 2. The molecule has 1 aliphatic rings. The first-order valence-electron chi connectivity index (χ1n) is 9.15. The first-order chi connectivity index (χ1) is 12.6. The zero-order valence-electron chi connectivity index (χ0n) is 15.2. The minimum atomic E-state index is 0.0287. The molecule has 5 heteroatoms. The van der Waals surface area contributed by atoms with Crippen molar-refractivity contribution in [1.82, 2.24) is 15.1 Å². The average Bonchev–Trinajstić information content (AvgIpc) is 2.65. The molecule has 2 amide bonds. The van der Waals surface area contributed by atoms with Gasteiger partial charge in [-0.3, -0.25) is 4.90 Å². The van der Waals surface area contributed by atoms with E-state index < -0.39 is 0 Å². The molecule has 0 aromatic heterocycles. The summed E-state index contributed by atoms with van der Waals surface area (Å²) in [5.41, 5.74) is 3.61. The van der Waals surface area contributed by atoms with Crippen molar-refractivity contribution >= 4 is 17.6 Å². The number of aryl methyl sites for hydroxylation is 1. The number of nitrogens with one attached hydrogen (secondary N) is 1. The molecule has 1 heterocycles. The molecule has 1 fully saturated rings. The van der Waals surface area contributed by atoms with Crippen molar-refractivity contribution in [2.45, 2.75) is 19.9 Å². The quantitative estimate of drug-likeness (QED) is 0.869. The number of benzene rings is 2. The number of urea groups is 1. The van der Waals surface area contributed by atoms with Crippen LogP contribution in [0.2, 0.25) is 5.02 Å². The third-order valence-electron chi connectivity index (χ3n) is 4.79. The van der Waals surface area contributed by atoms with E-state index >= 15 is 0 Å². The van der Waals surface area contributed by atoms with Gasteiger partial charge in [0.25, 0.3) is 0 Å². The van der Waals surface area contributed by atoms with E-state index in [0.717, 1.165) is 49.7 Å². The predicted octanol–water partition coefficient (Wildman–Crippen LogP) is 3.72. The fourth-order valence-electron chi connectivity index (χ4n) is 3.27. The summed E-state index contributed by atoms with van der Waals surface area (Å²) in [6.45, 7) is 7.02. The highest BCUT2D eigenvalue weighted by Crippen LogP contribution is 2.12. The van der Waals surface area contributed by atoms with Gasteiger partial charge in [-0.15, -0.1) is 0 Å². The largest absolute Gasteiger partial charge is 0.334 e. The summed E-state index contributed by atoms with van der Waals surface area (Å²) >= 11 is 6.04. The maximum atomic E-state index is 12.4. The fourth-order valence-corrected chi connectivity index (χ4v) is 3.48. The molecule has 1 aliphatic heterocycles. The van der Waals surface area contributed by atoms with Crippen molar-refractivity contribution in [2.24, 2.45) is 0 Å². The highest BCUT2D eigenvalue weighted by Gasteiger charge is 2.20. The van der Waals surface area contributed by atoms with Gasteiger partial charge < -0.3 is 10.2 Å². The summed E-state index contributed by atoms with van der Waals surface area (Å²) in [5.74, 6) is 0. The number of carbonyl (C=O) groups is 1. The number of carbonyl (C=O) groups excluding carboxylic acids is 1. The van der Waals surface area contributed by atoms with Gasteiger partial charge in [0.15, 0.2) is 0 Å². The third-order valence-corrected chi connectivity index (χ3v) is 5.03. The minimum absolute atomic E-state index is 0.0287. The Kier molecular flexibility index (Phi) is 6.53. The summed E-state index contributed by atoms with van der Waals surface area (Å²) in [4.78, 5) is 16.7. The molecule has 0 aliphatic carbocycles. The fraction of sp³-hybridized carbons (Fsp3) is 0.381. The molecule has 2 aromatic carbocycles. The van der Waals surface area contributed by atoms with Gasteiger partial charge in [0.2, 0.25) is 0 Å². The summed E-state index contributed by atoms with van der Waals surface area (Å²) in [6.07, 6.45) is 0.986. The van der Waals surface area contributed by atoms with Gasteiger partial charge in [-0.05, 0) is 36.6 Å². The van der Waals surface area contributed by atoms with Crippen molar-refractivity contribution in [2.75, 3.05) is 32.7 Å². The molecule has 4 nitrogen and oxygen atoms in total. The lowest BCUT2D eigenvalue weighted by atomic mass is 10.1. The van der Waals surface area contributed by atoms with Crippen molar-refractivity contribution in [3.8, 4) is 0 Å². The molecular weight excluding hydrogens is 346 g/mol. The maximum Gasteiger partial charge on any atom is 0.317 e. The first kappa shape index (κ1) is 18.7. The van der Waals surface area contributed by atoms with Gasteiger partial charge in [0.1, 0.15) is 0 Å². The Hall–Kier alpha value is -2.04. The first-order valence-corrected chi connectivity index (χ1v) is 9.53. The zero-order chi connectivity index (χ0) is 18.4. The van der Waals surface area contributed by atoms with Crippen LogP contribution in [0.5, 0.6) is 0 Å². The third kappa shape index (κ3) is 5.48. The number of hydrogen-bond acceptors (Lipinski definition) is 2. The lowest BCUT2D eigenvalue weighted by molar-refractivity contribution is 0.140. The number of halogens is 1. The Balaban J connectivity index is 1.39. The van der Waals surface area contributed by atoms with Crippen LogP contribution in [0.1, 0.15) is 16.7 Å². The molecule has 0 bridgehead atoms. The van der Waals surface area contributed by atoms with Crippen LogP contribution < -0.4 is 5.32 Å². The van der Waals surface area contributed by atoms with Crippen LogP contribution in [0.3, 0.4) is 0 Å². The van der Waals surface area contributed by atoms with E-state index in [-0.39, 0.29) is 6.03 Å². The Morgan fingerprint density at radius 3 is 2.50 bits per heavy atom. The Bertz CT molecular complexity index is 742. The van der Waals surface area contributed by atoms with Crippen molar-refractivity contribution in [3.05, 3.63) is 70.2 Å². The maximum absolute atomic E-state index is 12.4. The van der Waals surface area contributed by atoms with E-state index in [1.54, 1.807) is 0 Å². The lowest BCUT2D eigenvalue weighted by Crippen LogP contribution is -2.51. The smallest absolute Gasteiger partial charge is 0.317 e. The Labute approximate surface area is 160 Å². The molecule has 1 saturated heterocycles. The van der Waals surface area contributed by atoms with Crippen LogP contribution >= 0.6 is 11.6 Å². The van der Waals surface area contributed by atoms with Crippen LogP contribution in [0, 0.1) is 6.92 Å². The van der Waals surface area contributed by atoms with Crippen LogP contribution in [0.15, 0.2) is 48.5 Å². The molecule has 138 valence electrons. The SMILES string of the molecule is Cc1cccc(CNC(=O)N2CCN(CCc3cccc(Cl)c3)CC2)c1. The topological polar surface area (TPSA) is 35.6 Å². The number of rotatable bonds is 5. The normalized spacial score (nSPS) is 15.1. The monoisotopic (exact) mass is 371 g/mol. The van der Waals surface area contributed by atoms with Crippen molar-refractivity contribution in [1.29, 1.82) is 0 Å². The van der Waals surface area contributed by atoms with Crippen LogP contribution in [0.4, 0.5) is 4.79 Å². The standard InChI is InChI=1S/C21H26ClN3O/c1-17-4-2-6-19(14-17)16-23-21(26)25-12-10-24(11-13-25)9-8-18-5-3-7-20(22)15-18/h2-7,14-15H,8-13,16H2,1H3,(H,23,26). The van der Waals surface area contributed by atoms with Gasteiger partial charge in [0, 0.05) is 44.3 Å². The molecule has 0 radical (unpaired) electrons. The lowest BCUT2D eigenvalue weighted by Gasteiger charge is -2.34. The number of hydrogen-bond donors (Lipinski definition) is 1. The summed E-state index contributed by atoms with van der Waals surface area (Å²) in [7, 11) is 0. The summed E-state index contributed by atoms with van der Waals surface area (Å²) < 4.78 is 0. The van der Waals surface area contributed by atoms with E-state index in [9.17, 15) is 4.79 Å². The highest BCUT2D eigenvalue weighted by atomic mass is 35.5. The molecule has 0 unspecified atom stereocenters. The molecular formula is C21H26ClN3O. The van der Waals surface area contributed by atoms with Gasteiger partial charge >= 0.3 is 6.03 Å². The number of amides is 2. The van der Waals surface area contributed by atoms with Gasteiger partial charge in [-0.2, -0.15) is 0 Å². The van der Waals surface area contributed by atoms with Crippen LogP contribution in [-0.2, 0) is 13.0 Å². The van der Waals surface area contributed by atoms with Gasteiger partial charge in [0.05, 0.1) is 0 Å². The Morgan fingerprint density at radius 2 is 1.77 bits per heavy atom. The second-order valence-electron chi connectivity index (χ2n) is 6.86. The van der Waals surface area contributed by atoms with E-state index in [1.165, 1.54) is 11.1 Å². The highest BCUT2D eigenvalue weighted by molar-refractivity contribution is 6.30. The Morgan fingerprint density at radius 1 is 1.04 bits per heavy atom. The van der Waals surface area contributed by atoms with Crippen molar-refractivity contribution < 1.29 is 4.79 Å². The second-order valence-corrected chi connectivity index (χ2v) is 7.29. The van der Waals surface area contributed by atoms with E-state index in [2.05, 4.69) is 35.3 Å². The van der Waals surface area contributed by atoms with E-state index in [1.807, 2.05) is 35.2 Å². The van der Waals surface area contributed by atoms with E-state index in [4.69, 9.17) is 11.6 Å². The summed E-state index contributed by atoms with van der Waals surface area (Å²) in [6, 6.07) is 16.3. The molecule has 3 rings (SSSR count). The zero-order valence-corrected chi connectivity index (χ0v) is 16.0. The van der Waals surface area contributed by atoms with E-state index in [0.29, 0.717) is 6.54 Å². The molecule has 0 atom stereocenters. The molecule has 1 N–H and O–H groups in total. The number of piperazine rings is 1. The van der Waals surface area contributed by atoms with Crippen molar-refractivity contribution in [3.63, 3.8) is 0 Å². The molecule has 0 saturated carbocycles. The minimum Gasteiger partial charge on any atom is -0.334 e. The molecule has 26 heavy (non-hydrogen) atoms. The average molecular weight is 372 g/mol. The second kappa shape index (κ2) is 9.06. The summed E-state index contributed by atoms with van der Waals surface area (Å²) in [5, 5.41) is 3.82. The molecule has 0 spiro atoms. The predicted molar refractivity (Wildman–Crippen MR) is 107 cm³/mol.